The van der Waals surface area contributed by atoms with Crippen LogP contribution in [-0.2, 0) is 21.2 Å². The lowest BCUT2D eigenvalue weighted by atomic mass is 9.60. The minimum absolute atomic E-state index is 0.0854. The van der Waals surface area contributed by atoms with Crippen LogP contribution in [0.5, 0.6) is 0 Å². The number of hydrogen-bond donors (Lipinski definition) is 1. The topological polar surface area (TPSA) is 72.2 Å². The maximum atomic E-state index is 13.5. The highest BCUT2D eigenvalue weighted by atomic mass is 19.4. The number of anilines is 1. The number of ketones is 1. The normalized spacial score (nSPS) is 15.2. The van der Waals surface area contributed by atoms with E-state index in [1.54, 1.807) is 24.3 Å². The number of nitrogens with one attached hydrogen (secondary N) is 1. The predicted molar refractivity (Wildman–Crippen MR) is 107 cm³/mol. The molecule has 4 rings (SSSR count). The summed E-state index contributed by atoms with van der Waals surface area (Å²) in [5.74, 6) is -1.10. The van der Waals surface area contributed by atoms with Gasteiger partial charge >= 0.3 is 6.18 Å². The zero-order valence-electron chi connectivity index (χ0n) is 16.4. The Kier molecular flexibility index (Phi) is 5.39. The number of aromatic nitrogens is 1. The summed E-state index contributed by atoms with van der Waals surface area (Å²) in [6.07, 6.45) is -0.425. The fraction of sp³-hybridized carbons (Fsp3) is 0.261. The molecule has 5 nitrogen and oxygen atoms in total. The van der Waals surface area contributed by atoms with Crippen molar-refractivity contribution in [1.82, 2.24) is 4.98 Å². The lowest BCUT2D eigenvalue weighted by molar-refractivity contribution is -0.140. The van der Waals surface area contributed by atoms with E-state index in [0.29, 0.717) is 36.3 Å². The molecule has 0 aliphatic heterocycles. The van der Waals surface area contributed by atoms with Gasteiger partial charge < -0.3 is 9.73 Å². The molecule has 0 spiro atoms. The van der Waals surface area contributed by atoms with Crippen LogP contribution in [0, 0.1) is 0 Å². The first-order valence-corrected chi connectivity index (χ1v) is 9.78. The molecule has 1 amide bonds. The van der Waals surface area contributed by atoms with Crippen molar-refractivity contribution in [2.24, 2.45) is 0 Å². The van der Waals surface area contributed by atoms with Crippen molar-refractivity contribution in [2.75, 3.05) is 5.32 Å². The van der Waals surface area contributed by atoms with Gasteiger partial charge in [-0.25, -0.2) is 4.98 Å². The molecule has 1 fully saturated rings. The molecular weight excluding hydrogens is 409 g/mol. The zero-order valence-corrected chi connectivity index (χ0v) is 16.4. The van der Waals surface area contributed by atoms with Crippen LogP contribution in [0.3, 0.4) is 0 Å². The van der Waals surface area contributed by atoms with E-state index >= 15 is 0 Å². The number of hydrogen-bond acceptors (Lipinski definition) is 4. The highest BCUT2D eigenvalue weighted by molar-refractivity contribution is 6.40. The quantitative estimate of drug-likeness (QED) is 0.535. The first kappa shape index (κ1) is 20.8. The molecular formula is C23H19F3N2O3. The van der Waals surface area contributed by atoms with Gasteiger partial charge in [0.1, 0.15) is 0 Å². The number of carbonyl (C=O) groups excluding carboxylic acids is 2. The van der Waals surface area contributed by atoms with Gasteiger partial charge in [-0.1, -0.05) is 36.8 Å². The molecule has 31 heavy (non-hydrogen) atoms. The van der Waals surface area contributed by atoms with Crippen LogP contribution < -0.4 is 5.32 Å². The van der Waals surface area contributed by atoms with E-state index in [-0.39, 0.29) is 12.0 Å². The van der Waals surface area contributed by atoms with Crippen molar-refractivity contribution in [3.8, 4) is 11.3 Å². The summed E-state index contributed by atoms with van der Waals surface area (Å²) >= 11 is 0. The molecule has 2 aromatic carbocycles. The third-order valence-electron chi connectivity index (χ3n) is 5.70. The van der Waals surface area contributed by atoms with Crippen molar-refractivity contribution >= 4 is 17.4 Å². The fourth-order valence-corrected chi connectivity index (χ4v) is 4.03. The minimum atomic E-state index is -4.52. The number of benzene rings is 2. The van der Waals surface area contributed by atoms with Crippen molar-refractivity contribution in [2.45, 2.75) is 37.3 Å². The summed E-state index contributed by atoms with van der Waals surface area (Å²) in [6, 6.07) is 12.0. The van der Waals surface area contributed by atoms with Crippen molar-refractivity contribution in [1.29, 1.82) is 0 Å². The van der Waals surface area contributed by atoms with Crippen LogP contribution in [0.1, 0.15) is 36.8 Å². The van der Waals surface area contributed by atoms with Crippen LogP contribution in [0.15, 0.2) is 65.5 Å². The van der Waals surface area contributed by atoms with E-state index in [9.17, 15) is 22.8 Å². The third kappa shape index (κ3) is 4.23. The molecule has 0 radical (unpaired) electrons. The van der Waals surface area contributed by atoms with Crippen LogP contribution in [0.2, 0.25) is 0 Å². The molecule has 1 aromatic heterocycles. The summed E-state index contributed by atoms with van der Waals surface area (Å²) in [5.41, 5.74) is -0.588. The molecule has 0 unspecified atom stereocenters. The zero-order chi connectivity index (χ0) is 22.1. The number of oxazole rings is 1. The molecule has 1 aliphatic rings. The van der Waals surface area contributed by atoms with Gasteiger partial charge in [0.25, 0.3) is 5.91 Å². The van der Waals surface area contributed by atoms with E-state index in [4.69, 9.17) is 4.42 Å². The molecule has 0 atom stereocenters. The first-order valence-electron chi connectivity index (χ1n) is 9.78. The van der Waals surface area contributed by atoms with Gasteiger partial charge in [-0.3, -0.25) is 9.59 Å². The second kappa shape index (κ2) is 8.02. The summed E-state index contributed by atoms with van der Waals surface area (Å²) in [5, 5.41) is 2.54. The number of nitrogens with zero attached hydrogens (tertiary/aromatic N) is 1. The Labute approximate surface area is 176 Å². The largest absolute Gasteiger partial charge is 0.444 e. The second-order valence-electron chi connectivity index (χ2n) is 7.68. The number of amides is 1. The SMILES string of the molecule is O=C(CC1(c2ccccc2C(F)(F)F)CCC1)C(=O)Nc1cccc(-c2cnco2)c1. The minimum Gasteiger partial charge on any atom is -0.444 e. The van der Waals surface area contributed by atoms with E-state index in [1.165, 1.54) is 30.8 Å². The molecule has 1 N–H and O–H groups in total. The molecule has 1 saturated carbocycles. The molecule has 0 saturated heterocycles. The molecule has 3 aromatic rings. The Morgan fingerprint density at radius 3 is 2.52 bits per heavy atom. The Morgan fingerprint density at radius 1 is 1.10 bits per heavy atom. The Balaban J connectivity index is 1.52. The van der Waals surface area contributed by atoms with Gasteiger partial charge in [-0.15, -0.1) is 0 Å². The lowest BCUT2D eigenvalue weighted by Crippen LogP contribution is -2.41. The van der Waals surface area contributed by atoms with E-state index in [2.05, 4.69) is 10.3 Å². The standard InChI is InChI=1S/C23H19F3N2O3/c24-23(25,26)18-8-2-1-7-17(18)22(9-4-10-22)12-19(29)21(30)28-16-6-3-5-15(11-16)20-13-27-14-31-20/h1-3,5-8,11,13-14H,4,9-10,12H2,(H,28,30). The van der Waals surface area contributed by atoms with Gasteiger partial charge in [0.15, 0.2) is 12.2 Å². The highest BCUT2D eigenvalue weighted by Crippen LogP contribution is 2.50. The number of alkyl halides is 3. The van der Waals surface area contributed by atoms with E-state index in [0.717, 1.165) is 6.07 Å². The molecule has 1 heterocycles. The maximum Gasteiger partial charge on any atom is 0.416 e. The number of rotatable bonds is 6. The Hall–Kier alpha value is -3.42. The summed E-state index contributed by atoms with van der Waals surface area (Å²) in [7, 11) is 0. The van der Waals surface area contributed by atoms with Crippen LogP contribution in [0.25, 0.3) is 11.3 Å². The van der Waals surface area contributed by atoms with Crippen LogP contribution in [0.4, 0.5) is 18.9 Å². The maximum absolute atomic E-state index is 13.5. The van der Waals surface area contributed by atoms with Gasteiger partial charge in [0.05, 0.1) is 11.8 Å². The molecule has 8 heteroatoms. The van der Waals surface area contributed by atoms with Crippen LogP contribution >= 0.6 is 0 Å². The van der Waals surface area contributed by atoms with E-state index < -0.39 is 28.8 Å². The smallest absolute Gasteiger partial charge is 0.416 e. The molecule has 160 valence electrons. The Bertz CT molecular complexity index is 1100. The van der Waals surface area contributed by atoms with Gasteiger partial charge in [0.2, 0.25) is 5.78 Å². The lowest BCUT2D eigenvalue weighted by Gasteiger charge is -2.43. The molecule has 1 aliphatic carbocycles. The summed E-state index contributed by atoms with van der Waals surface area (Å²) in [4.78, 5) is 29.0. The number of Topliss-reactive ketones (excluding diaryl/α,β-unsaturated/α-hetero) is 1. The van der Waals surface area contributed by atoms with Gasteiger partial charge in [-0.05, 0) is 36.6 Å². The van der Waals surface area contributed by atoms with E-state index in [1.807, 2.05) is 0 Å². The monoisotopic (exact) mass is 428 g/mol. The first-order chi connectivity index (χ1) is 14.8. The highest BCUT2D eigenvalue weighted by Gasteiger charge is 2.46. The second-order valence-corrected chi connectivity index (χ2v) is 7.68. The Morgan fingerprint density at radius 2 is 1.87 bits per heavy atom. The summed E-state index contributed by atoms with van der Waals surface area (Å²) < 4.78 is 45.7. The number of carbonyl (C=O) groups is 2. The average Bonchev–Trinajstić information content (AvgIpc) is 3.25. The van der Waals surface area contributed by atoms with Crippen molar-refractivity contribution in [3.63, 3.8) is 0 Å². The van der Waals surface area contributed by atoms with Gasteiger partial charge in [-0.2, -0.15) is 13.2 Å². The third-order valence-corrected chi connectivity index (χ3v) is 5.70. The fourth-order valence-electron chi connectivity index (χ4n) is 4.03. The number of halogens is 3. The van der Waals surface area contributed by atoms with Gasteiger partial charge in [0, 0.05) is 23.1 Å². The van der Waals surface area contributed by atoms with Crippen LogP contribution in [-0.4, -0.2) is 16.7 Å². The predicted octanol–water partition coefficient (Wildman–Crippen LogP) is 5.38. The van der Waals surface area contributed by atoms with Crippen molar-refractivity contribution < 1.29 is 27.2 Å². The summed E-state index contributed by atoms with van der Waals surface area (Å²) in [6.45, 7) is 0. The molecule has 0 bridgehead atoms. The van der Waals surface area contributed by atoms with Crippen molar-refractivity contribution in [3.05, 3.63) is 72.2 Å². The average molecular weight is 428 g/mol.